The molecular weight excluding hydrogens is 444 g/mol. The first-order valence-corrected chi connectivity index (χ1v) is 12.5. The van der Waals surface area contributed by atoms with Gasteiger partial charge in [0, 0.05) is 49.0 Å². The first-order valence-electron chi connectivity index (χ1n) is 12.5. The fourth-order valence-electron chi connectivity index (χ4n) is 4.40. The molecule has 1 fully saturated rings. The summed E-state index contributed by atoms with van der Waals surface area (Å²) in [6.07, 6.45) is 2.18. The first-order chi connectivity index (χ1) is 16.5. The molecule has 9 nitrogen and oxygen atoms in total. The summed E-state index contributed by atoms with van der Waals surface area (Å²) in [7, 11) is 4.16. The summed E-state index contributed by atoms with van der Waals surface area (Å²) in [5.41, 5.74) is 2.62. The van der Waals surface area contributed by atoms with E-state index in [1.54, 1.807) is 4.90 Å². The molecule has 190 valence electrons. The van der Waals surface area contributed by atoms with Gasteiger partial charge in [-0.2, -0.15) is 10.1 Å². The fourth-order valence-corrected chi connectivity index (χ4v) is 4.40. The van der Waals surface area contributed by atoms with Crippen LogP contribution in [0, 0.1) is 0 Å². The Morgan fingerprint density at radius 1 is 1.23 bits per heavy atom. The minimum atomic E-state index is -0.492. The molecule has 3 aromatic rings. The van der Waals surface area contributed by atoms with E-state index < -0.39 is 5.60 Å². The van der Waals surface area contributed by atoms with Crippen LogP contribution in [-0.2, 0) is 11.2 Å². The molecule has 9 heteroatoms. The van der Waals surface area contributed by atoms with Crippen LogP contribution in [0.5, 0.6) is 0 Å². The summed E-state index contributed by atoms with van der Waals surface area (Å²) >= 11 is 0. The van der Waals surface area contributed by atoms with Crippen molar-refractivity contribution >= 4 is 17.0 Å². The molecule has 1 amide bonds. The van der Waals surface area contributed by atoms with Gasteiger partial charge in [0.15, 0.2) is 0 Å². The molecule has 0 atom stereocenters. The molecule has 4 rings (SSSR count). The lowest BCUT2D eigenvalue weighted by atomic mass is 9.97. The highest BCUT2D eigenvalue weighted by molar-refractivity contribution is 5.86. The number of hydrogen-bond donors (Lipinski definition) is 0. The number of hydrogen-bond acceptors (Lipinski definition) is 7. The molecule has 0 aliphatic carbocycles. The molecule has 0 spiro atoms. The van der Waals surface area contributed by atoms with Crippen molar-refractivity contribution in [3.63, 3.8) is 0 Å². The van der Waals surface area contributed by atoms with Gasteiger partial charge in [0.2, 0.25) is 11.7 Å². The maximum atomic E-state index is 12.3. The van der Waals surface area contributed by atoms with Gasteiger partial charge in [0.05, 0.1) is 11.2 Å². The Kier molecular flexibility index (Phi) is 7.17. The van der Waals surface area contributed by atoms with E-state index in [0.29, 0.717) is 24.8 Å². The van der Waals surface area contributed by atoms with Crippen molar-refractivity contribution in [2.24, 2.45) is 0 Å². The van der Waals surface area contributed by atoms with Gasteiger partial charge in [-0.1, -0.05) is 17.3 Å². The molecule has 0 bridgehead atoms. The maximum absolute atomic E-state index is 12.3. The van der Waals surface area contributed by atoms with Crippen LogP contribution >= 0.6 is 0 Å². The third kappa shape index (κ3) is 5.83. The van der Waals surface area contributed by atoms with Crippen molar-refractivity contribution in [3.8, 4) is 11.4 Å². The molecule has 1 saturated heterocycles. The molecule has 0 radical (unpaired) electrons. The lowest BCUT2D eigenvalue weighted by molar-refractivity contribution is 0.0198. The first kappa shape index (κ1) is 25.2. The number of carbonyl (C=O) groups excluding carboxylic acids is 1. The average molecular weight is 483 g/mol. The highest BCUT2D eigenvalue weighted by Gasteiger charge is 2.30. The van der Waals surface area contributed by atoms with Crippen LogP contribution in [0.2, 0.25) is 0 Å². The number of benzene rings is 1. The summed E-state index contributed by atoms with van der Waals surface area (Å²) in [6.45, 7) is 12.1. The van der Waals surface area contributed by atoms with Crippen LogP contribution in [0.3, 0.4) is 0 Å². The standard InChI is InChI=1S/C26H38N6O3/c1-17(2)32-22-16-19(8-9-20(22)21(28-32)12-13-30(6)7)23-27-24(35-29-23)18-10-14-31(15-11-18)25(33)34-26(3,4)5/h8-9,16-18H,10-15H2,1-7H3. The second-order valence-electron chi connectivity index (χ2n) is 11.0. The molecule has 1 aliphatic heterocycles. The fraction of sp³-hybridized carbons (Fsp3) is 0.615. The summed E-state index contributed by atoms with van der Waals surface area (Å²) in [5.74, 6) is 1.35. The van der Waals surface area contributed by atoms with Crippen LogP contribution in [0.4, 0.5) is 4.79 Å². The monoisotopic (exact) mass is 482 g/mol. The third-order valence-corrected chi connectivity index (χ3v) is 6.26. The number of aromatic nitrogens is 4. The number of nitrogens with zero attached hydrogens (tertiary/aromatic N) is 6. The van der Waals surface area contributed by atoms with E-state index >= 15 is 0 Å². The van der Waals surface area contributed by atoms with E-state index in [-0.39, 0.29) is 18.1 Å². The van der Waals surface area contributed by atoms with Crippen molar-refractivity contribution in [1.82, 2.24) is 29.7 Å². The number of rotatable bonds is 6. The topological polar surface area (TPSA) is 89.5 Å². The van der Waals surface area contributed by atoms with Crippen LogP contribution in [0.1, 0.15) is 71.0 Å². The normalized spacial score (nSPS) is 15.5. The number of piperidine rings is 1. The van der Waals surface area contributed by atoms with Crippen LogP contribution < -0.4 is 0 Å². The van der Waals surface area contributed by atoms with Gasteiger partial charge < -0.3 is 19.1 Å². The van der Waals surface area contributed by atoms with Crippen molar-refractivity contribution in [2.45, 2.75) is 71.4 Å². The Bertz CT molecular complexity index is 1170. The second-order valence-corrected chi connectivity index (χ2v) is 11.0. The number of fused-ring (bicyclic) bond motifs is 1. The molecule has 0 unspecified atom stereocenters. The highest BCUT2D eigenvalue weighted by Crippen LogP contribution is 2.31. The SMILES string of the molecule is CC(C)n1nc(CCN(C)C)c2ccc(-c3noc(C4CCN(C(=O)OC(C)(C)C)CC4)n3)cc21. The zero-order valence-electron chi connectivity index (χ0n) is 22.0. The minimum absolute atomic E-state index is 0.137. The van der Waals surface area contributed by atoms with Gasteiger partial charge in [-0.3, -0.25) is 4.68 Å². The van der Waals surface area contributed by atoms with E-state index in [2.05, 4.69) is 54.8 Å². The molecule has 0 N–H and O–H groups in total. The molecule has 2 aromatic heterocycles. The summed E-state index contributed by atoms with van der Waals surface area (Å²) < 4.78 is 13.2. The number of ether oxygens (including phenoxy) is 1. The van der Waals surface area contributed by atoms with Gasteiger partial charge in [-0.15, -0.1) is 0 Å². The summed E-state index contributed by atoms with van der Waals surface area (Å²) in [5, 5.41) is 10.4. The Balaban J connectivity index is 1.49. The number of likely N-dealkylation sites (tertiary alicyclic amines) is 1. The summed E-state index contributed by atoms with van der Waals surface area (Å²) in [4.78, 5) is 21.0. The Morgan fingerprint density at radius 2 is 1.94 bits per heavy atom. The average Bonchev–Trinajstić information content (AvgIpc) is 3.41. The van der Waals surface area contributed by atoms with Crippen LogP contribution in [-0.4, -0.2) is 75.1 Å². The Hall–Kier alpha value is -2.94. The maximum Gasteiger partial charge on any atom is 0.410 e. The van der Waals surface area contributed by atoms with E-state index in [1.165, 1.54) is 5.39 Å². The van der Waals surface area contributed by atoms with E-state index in [0.717, 1.165) is 42.6 Å². The van der Waals surface area contributed by atoms with Crippen molar-refractivity contribution in [2.75, 3.05) is 33.7 Å². The van der Waals surface area contributed by atoms with E-state index in [1.807, 2.05) is 26.8 Å². The molecule has 1 aliphatic rings. The van der Waals surface area contributed by atoms with E-state index in [9.17, 15) is 4.79 Å². The number of likely N-dealkylation sites (N-methyl/N-ethyl adjacent to an activating group) is 1. The van der Waals surface area contributed by atoms with Gasteiger partial charge in [0.1, 0.15) is 5.60 Å². The van der Waals surface area contributed by atoms with E-state index in [4.69, 9.17) is 19.3 Å². The van der Waals surface area contributed by atoms with Gasteiger partial charge in [0.25, 0.3) is 0 Å². The van der Waals surface area contributed by atoms with Gasteiger partial charge >= 0.3 is 6.09 Å². The third-order valence-electron chi connectivity index (χ3n) is 6.26. The van der Waals surface area contributed by atoms with Gasteiger partial charge in [-0.05, 0) is 67.6 Å². The van der Waals surface area contributed by atoms with Gasteiger partial charge in [-0.25, -0.2) is 4.79 Å². The minimum Gasteiger partial charge on any atom is -0.444 e. The number of carbonyl (C=O) groups is 1. The molecular formula is C26H38N6O3. The molecule has 0 saturated carbocycles. The molecule has 1 aromatic carbocycles. The zero-order valence-corrected chi connectivity index (χ0v) is 22.0. The van der Waals surface area contributed by atoms with Crippen LogP contribution in [0.25, 0.3) is 22.3 Å². The van der Waals surface area contributed by atoms with Crippen molar-refractivity contribution < 1.29 is 14.1 Å². The Labute approximate surface area is 207 Å². The quantitative estimate of drug-likeness (QED) is 0.494. The molecule has 3 heterocycles. The lowest BCUT2D eigenvalue weighted by Crippen LogP contribution is -2.41. The predicted octanol–water partition coefficient (Wildman–Crippen LogP) is 4.89. The Morgan fingerprint density at radius 3 is 2.57 bits per heavy atom. The highest BCUT2D eigenvalue weighted by atomic mass is 16.6. The van der Waals surface area contributed by atoms with Crippen molar-refractivity contribution in [1.29, 1.82) is 0 Å². The van der Waals surface area contributed by atoms with Crippen LogP contribution in [0.15, 0.2) is 22.7 Å². The second kappa shape index (κ2) is 9.97. The van der Waals surface area contributed by atoms with Crippen molar-refractivity contribution in [3.05, 3.63) is 29.8 Å². The summed E-state index contributed by atoms with van der Waals surface area (Å²) in [6, 6.07) is 6.53. The zero-order chi connectivity index (χ0) is 25.3. The number of amides is 1. The lowest BCUT2D eigenvalue weighted by Gasteiger charge is -2.32. The predicted molar refractivity (Wildman–Crippen MR) is 135 cm³/mol. The largest absolute Gasteiger partial charge is 0.444 e. The molecule has 35 heavy (non-hydrogen) atoms. The smallest absolute Gasteiger partial charge is 0.410 e.